The second kappa shape index (κ2) is 16.3. The number of hydrogen-bond donors (Lipinski definition) is 3. The van der Waals surface area contributed by atoms with Gasteiger partial charge in [-0.3, -0.25) is 24.8 Å². The smallest absolute Gasteiger partial charge is 0.249 e. The lowest BCUT2D eigenvalue weighted by Crippen LogP contribution is -2.60. The van der Waals surface area contributed by atoms with E-state index < -0.39 is 41.3 Å². The molecule has 1 fully saturated rings. The van der Waals surface area contributed by atoms with Gasteiger partial charge in [-0.05, 0) is 56.1 Å². The molecule has 2 aromatic rings. The van der Waals surface area contributed by atoms with Crippen LogP contribution in [-0.4, -0.2) is 66.5 Å². The SMILES string of the molecule is CCCC(Cc1ccccc1)(C(=O)NN)C(=O)[C@@H]([C@H](CCCc1ccccc1)C(=O)NOC1CCCCO1)N1CN(C)C=N1. The fourth-order valence-electron chi connectivity index (χ4n) is 6.15. The Morgan fingerprint density at radius 3 is 2.39 bits per heavy atom. The van der Waals surface area contributed by atoms with Gasteiger partial charge in [0.1, 0.15) is 24.5 Å². The molecule has 2 amide bonds. The molecule has 0 bridgehead atoms. The number of ketones is 1. The number of amides is 2. The van der Waals surface area contributed by atoms with E-state index in [-0.39, 0.29) is 19.5 Å². The molecular formula is C33H46N6O5. The third kappa shape index (κ3) is 8.43. The average Bonchev–Trinajstić information content (AvgIpc) is 3.49. The monoisotopic (exact) mass is 606 g/mol. The summed E-state index contributed by atoms with van der Waals surface area (Å²) in [5.41, 5.74) is 5.31. The fraction of sp³-hybridized carbons (Fsp3) is 0.515. The number of carbonyl (C=O) groups excluding carboxylic acids is 3. The molecule has 44 heavy (non-hydrogen) atoms. The highest BCUT2D eigenvalue weighted by Gasteiger charge is 2.52. The number of benzene rings is 2. The Hall–Kier alpha value is -3.80. The van der Waals surface area contributed by atoms with Crippen molar-refractivity contribution >= 4 is 23.9 Å². The van der Waals surface area contributed by atoms with Crippen LogP contribution < -0.4 is 16.7 Å². The summed E-state index contributed by atoms with van der Waals surface area (Å²) in [6.45, 7) is 2.77. The fourth-order valence-corrected chi connectivity index (χ4v) is 6.15. The van der Waals surface area contributed by atoms with Crippen molar-refractivity contribution in [1.29, 1.82) is 0 Å². The first-order valence-electron chi connectivity index (χ1n) is 15.6. The van der Waals surface area contributed by atoms with Crippen molar-refractivity contribution in [2.24, 2.45) is 22.3 Å². The van der Waals surface area contributed by atoms with Crippen molar-refractivity contribution in [1.82, 2.24) is 20.8 Å². The molecule has 2 aromatic carbocycles. The largest absolute Gasteiger partial charge is 0.350 e. The van der Waals surface area contributed by atoms with Crippen LogP contribution in [0.1, 0.15) is 63.0 Å². The highest BCUT2D eigenvalue weighted by Crippen LogP contribution is 2.36. The zero-order valence-electron chi connectivity index (χ0n) is 25.8. The number of rotatable bonds is 16. The summed E-state index contributed by atoms with van der Waals surface area (Å²) in [7, 11) is 1.84. The van der Waals surface area contributed by atoms with Crippen LogP contribution in [0, 0.1) is 11.3 Å². The molecule has 2 heterocycles. The summed E-state index contributed by atoms with van der Waals surface area (Å²) in [6, 6.07) is 18.4. The van der Waals surface area contributed by atoms with Gasteiger partial charge in [-0.25, -0.2) is 16.2 Å². The van der Waals surface area contributed by atoms with Crippen LogP contribution in [0.15, 0.2) is 65.8 Å². The minimum atomic E-state index is -1.53. The molecule has 0 spiro atoms. The number of nitrogens with two attached hydrogens (primary N) is 1. The van der Waals surface area contributed by atoms with Crippen molar-refractivity contribution in [2.75, 3.05) is 20.3 Å². The second-order valence-electron chi connectivity index (χ2n) is 11.7. The number of nitrogens with zero attached hydrogens (tertiary/aromatic N) is 3. The number of ether oxygens (including phenoxy) is 1. The normalized spacial score (nSPS) is 19.2. The molecule has 0 saturated carbocycles. The van der Waals surface area contributed by atoms with Gasteiger partial charge < -0.3 is 9.64 Å². The maximum Gasteiger partial charge on any atom is 0.249 e. The Morgan fingerprint density at radius 2 is 1.80 bits per heavy atom. The van der Waals surface area contributed by atoms with Crippen LogP contribution in [0.2, 0.25) is 0 Å². The van der Waals surface area contributed by atoms with Crippen molar-refractivity contribution < 1.29 is 24.0 Å². The molecule has 0 radical (unpaired) electrons. The van der Waals surface area contributed by atoms with E-state index in [0.29, 0.717) is 38.7 Å². The predicted molar refractivity (Wildman–Crippen MR) is 167 cm³/mol. The number of carbonyl (C=O) groups is 3. The van der Waals surface area contributed by atoms with E-state index in [4.69, 9.17) is 15.4 Å². The number of hydroxylamine groups is 1. The van der Waals surface area contributed by atoms with Gasteiger partial charge in [0.05, 0.1) is 5.92 Å². The van der Waals surface area contributed by atoms with Crippen molar-refractivity contribution in [2.45, 2.75) is 77.0 Å². The highest BCUT2D eigenvalue weighted by atomic mass is 16.8. The molecule has 238 valence electrons. The minimum absolute atomic E-state index is 0.137. The molecule has 4 atom stereocenters. The van der Waals surface area contributed by atoms with Crippen LogP contribution >= 0.6 is 0 Å². The van der Waals surface area contributed by atoms with Gasteiger partial charge in [0.2, 0.25) is 11.8 Å². The first-order valence-corrected chi connectivity index (χ1v) is 15.6. The van der Waals surface area contributed by atoms with Gasteiger partial charge in [-0.15, -0.1) is 0 Å². The molecule has 2 unspecified atom stereocenters. The third-order valence-electron chi connectivity index (χ3n) is 8.39. The van der Waals surface area contributed by atoms with Gasteiger partial charge in [0.25, 0.3) is 0 Å². The quantitative estimate of drug-likeness (QED) is 0.115. The molecule has 11 nitrogen and oxygen atoms in total. The first-order chi connectivity index (χ1) is 21.4. The lowest BCUT2D eigenvalue weighted by molar-refractivity contribution is -0.203. The van der Waals surface area contributed by atoms with Crippen LogP contribution in [0.4, 0.5) is 0 Å². The number of Topliss-reactive ketones (excluding diaryl/α,β-unsaturated/α-hetero) is 1. The lowest BCUT2D eigenvalue weighted by Gasteiger charge is -2.39. The molecule has 11 heteroatoms. The van der Waals surface area contributed by atoms with Gasteiger partial charge >= 0.3 is 0 Å². The van der Waals surface area contributed by atoms with E-state index in [9.17, 15) is 9.59 Å². The van der Waals surface area contributed by atoms with Gasteiger partial charge in [0, 0.05) is 20.1 Å². The van der Waals surface area contributed by atoms with Crippen molar-refractivity contribution in [3.8, 4) is 0 Å². The Labute approximate surface area is 260 Å². The van der Waals surface area contributed by atoms with Crippen LogP contribution in [0.3, 0.4) is 0 Å². The maximum absolute atomic E-state index is 15.0. The lowest BCUT2D eigenvalue weighted by atomic mass is 9.69. The van der Waals surface area contributed by atoms with E-state index in [2.05, 4.69) is 16.0 Å². The maximum atomic E-state index is 15.0. The molecule has 4 N–H and O–H groups in total. The molecule has 0 aliphatic carbocycles. The second-order valence-corrected chi connectivity index (χ2v) is 11.7. The molecule has 2 aliphatic heterocycles. The Balaban J connectivity index is 1.71. The Bertz CT molecular complexity index is 1240. The summed E-state index contributed by atoms with van der Waals surface area (Å²) in [5, 5.41) is 6.14. The molecule has 2 aliphatic rings. The first kappa shape index (κ1) is 33.1. The van der Waals surface area contributed by atoms with E-state index in [0.717, 1.165) is 24.0 Å². The number of nitrogens with one attached hydrogen (secondary N) is 2. The molecule has 1 saturated heterocycles. The van der Waals surface area contributed by atoms with Crippen LogP contribution in [-0.2, 0) is 36.8 Å². The average molecular weight is 607 g/mol. The van der Waals surface area contributed by atoms with E-state index in [1.54, 1.807) is 11.3 Å². The summed E-state index contributed by atoms with van der Waals surface area (Å²) in [4.78, 5) is 50.3. The van der Waals surface area contributed by atoms with E-state index in [1.807, 2.05) is 79.5 Å². The van der Waals surface area contributed by atoms with Crippen LogP contribution in [0.5, 0.6) is 0 Å². The van der Waals surface area contributed by atoms with Gasteiger partial charge in [-0.2, -0.15) is 5.10 Å². The van der Waals surface area contributed by atoms with E-state index in [1.165, 1.54) is 0 Å². The number of hydrazone groups is 1. The summed E-state index contributed by atoms with van der Waals surface area (Å²) < 4.78 is 5.66. The number of aryl methyl sites for hydroxylation is 1. The van der Waals surface area contributed by atoms with E-state index >= 15 is 4.79 Å². The summed E-state index contributed by atoms with van der Waals surface area (Å²) in [5.74, 6) is 3.45. The molecular weight excluding hydrogens is 560 g/mol. The van der Waals surface area contributed by atoms with Gasteiger partial charge in [-0.1, -0.05) is 74.0 Å². The van der Waals surface area contributed by atoms with Crippen LogP contribution in [0.25, 0.3) is 0 Å². The highest BCUT2D eigenvalue weighted by molar-refractivity contribution is 6.09. The Kier molecular flexibility index (Phi) is 12.3. The summed E-state index contributed by atoms with van der Waals surface area (Å²) in [6.07, 6.45) is 6.24. The number of hydrazine groups is 1. The van der Waals surface area contributed by atoms with Crippen molar-refractivity contribution in [3.63, 3.8) is 0 Å². The third-order valence-corrected chi connectivity index (χ3v) is 8.39. The zero-order valence-corrected chi connectivity index (χ0v) is 25.8. The minimum Gasteiger partial charge on any atom is -0.350 e. The molecule has 0 aromatic heterocycles. The van der Waals surface area contributed by atoms with Crippen molar-refractivity contribution in [3.05, 3.63) is 71.8 Å². The standard InChI is InChI=1S/C33H46N6O5/c1-3-20-33(32(42)36-34,22-26-15-8-5-9-16-26)30(40)29(39-24-38(2)23-35-39)27(18-12-17-25-13-6-4-7-14-25)31(41)37-44-28-19-10-11-21-43-28/h4-9,13-16,23,27-29H,3,10-12,17-22,24,34H2,1-2H3,(H,36,42)(H,37,41)/t27-,28?,29+,33?/m0/s1. The summed E-state index contributed by atoms with van der Waals surface area (Å²) >= 11 is 0. The molecule has 4 rings (SSSR count). The number of hydrogen-bond acceptors (Lipinski definition) is 9. The Morgan fingerprint density at radius 1 is 1.09 bits per heavy atom. The topological polar surface area (TPSA) is 139 Å². The zero-order chi connectivity index (χ0) is 31.4. The predicted octanol–water partition coefficient (Wildman–Crippen LogP) is 3.30. The van der Waals surface area contributed by atoms with Gasteiger partial charge in [0.15, 0.2) is 12.1 Å².